The Hall–Kier alpha value is -3.02. The van der Waals surface area contributed by atoms with Crippen molar-refractivity contribution in [3.8, 4) is 0 Å². The SMILES string of the molecule is CC(C)N=c1ccccn1C(=O)Cc1n[nH]c(=O)c2ccccc12. The highest BCUT2D eigenvalue weighted by atomic mass is 16.2. The predicted octanol–water partition coefficient (Wildman–Crippen LogP) is 1.92. The molecule has 0 saturated carbocycles. The molecule has 0 aliphatic carbocycles. The molecule has 6 heteroatoms. The van der Waals surface area contributed by atoms with Crippen LogP contribution in [0.4, 0.5) is 0 Å². The molecule has 0 saturated heterocycles. The van der Waals surface area contributed by atoms with Gasteiger partial charge in [0.25, 0.3) is 5.56 Å². The number of benzene rings is 1. The third-order valence-electron chi connectivity index (χ3n) is 3.59. The van der Waals surface area contributed by atoms with Gasteiger partial charge >= 0.3 is 0 Å². The van der Waals surface area contributed by atoms with Gasteiger partial charge in [-0.3, -0.25) is 19.1 Å². The molecule has 0 atom stereocenters. The third kappa shape index (κ3) is 3.17. The molecule has 0 aliphatic heterocycles. The van der Waals surface area contributed by atoms with Crippen LogP contribution in [0.2, 0.25) is 0 Å². The largest absolute Gasteiger partial charge is 0.274 e. The van der Waals surface area contributed by atoms with Crippen LogP contribution in [0.15, 0.2) is 58.4 Å². The van der Waals surface area contributed by atoms with E-state index in [-0.39, 0.29) is 23.9 Å². The molecule has 0 amide bonds. The van der Waals surface area contributed by atoms with E-state index in [9.17, 15) is 9.59 Å². The van der Waals surface area contributed by atoms with Crippen LogP contribution < -0.4 is 11.0 Å². The molecule has 2 aromatic heterocycles. The molecule has 0 radical (unpaired) electrons. The summed E-state index contributed by atoms with van der Waals surface area (Å²) in [5.74, 6) is -0.153. The fourth-order valence-corrected chi connectivity index (χ4v) is 2.55. The van der Waals surface area contributed by atoms with Crippen LogP contribution in [-0.2, 0) is 6.42 Å². The molecule has 6 nitrogen and oxygen atoms in total. The number of fused-ring (bicyclic) bond motifs is 1. The first-order chi connectivity index (χ1) is 11.6. The van der Waals surface area contributed by atoms with E-state index in [0.717, 1.165) is 0 Å². The summed E-state index contributed by atoms with van der Waals surface area (Å²) >= 11 is 0. The van der Waals surface area contributed by atoms with E-state index in [2.05, 4.69) is 15.2 Å². The van der Waals surface area contributed by atoms with Crippen LogP contribution in [0, 0.1) is 0 Å². The molecule has 3 rings (SSSR count). The van der Waals surface area contributed by atoms with Crippen molar-refractivity contribution in [3.05, 3.63) is 70.2 Å². The van der Waals surface area contributed by atoms with Crippen molar-refractivity contribution in [2.75, 3.05) is 0 Å². The first kappa shape index (κ1) is 15.9. The Labute approximate surface area is 138 Å². The van der Waals surface area contributed by atoms with Crippen LogP contribution in [0.25, 0.3) is 10.8 Å². The predicted molar refractivity (Wildman–Crippen MR) is 91.8 cm³/mol. The molecular weight excluding hydrogens is 304 g/mol. The Kier molecular flexibility index (Phi) is 4.37. The van der Waals surface area contributed by atoms with Gasteiger partial charge in [-0.25, -0.2) is 5.10 Å². The topological polar surface area (TPSA) is 80.1 Å². The molecule has 24 heavy (non-hydrogen) atoms. The highest BCUT2D eigenvalue weighted by Crippen LogP contribution is 2.13. The maximum atomic E-state index is 12.7. The molecule has 2 heterocycles. The van der Waals surface area contributed by atoms with Gasteiger partial charge in [0.1, 0.15) is 5.49 Å². The molecule has 122 valence electrons. The fourth-order valence-electron chi connectivity index (χ4n) is 2.55. The monoisotopic (exact) mass is 322 g/mol. The van der Waals surface area contributed by atoms with Crippen LogP contribution in [-0.4, -0.2) is 26.7 Å². The number of aromatic amines is 1. The summed E-state index contributed by atoms with van der Waals surface area (Å²) in [7, 11) is 0. The lowest BCUT2D eigenvalue weighted by atomic mass is 10.1. The van der Waals surface area contributed by atoms with Gasteiger partial charge in [0.2, 0.25) is 5.91 Å². The van der Waals surface area contributed by atoms with Gasteiger partial charge in [0.15, 0.2) is 0 Å². The highest BCUT2D eigenvalue weighted by molar-refractivity contribution is 5.89. The van der Waals surface area contributed by atoms with Gasteiger partial charge in [-0.15, -0.1) is 0 Å². The quantitative estimate of drug-likeness (QED) is 0.800. The lowest BCUT2D eigenvalue weighted by Crippen LogP contribution is -2.29. The van der Waals surface area contributed by atoms with Crippen molar-refractivity contribution in [1.82, 2.24) is 14.8 Å². The fraction of sp³-hybridized carbons (Fsp3) is 0.222. The number of carbonyl (C=O) groups excluding carboxylic acids is 1. The molecule has 0 spiro atoms. The number of rotatable bonds is 3. The Balaban J connectivity index is 2.04. The van der Waals surface area contributed by atoms with Gasteiger partial charge in [-0.1, -0.05) is 24.3 Å². The van der Waals surface area contributed by atoms with Crippen molar-refractivity contribution in [2.45, 2.75) is 26.3 Å². The number of carbonyl (C=O) groups is 1. The second-order valence-electron chi connectivity index (χ2n) is 5.77. The van der Waals surface area contributed by atoms with Crippen LogP contribution in [0.1, 0.15) is 24.3 Å². The maximum absolute atomic E-state index is 12.7. The van der Waals surface area contributed by atoms with Crippen LogP contribution in [0.5, 0.6) is 0 Å². The molecule has 0 aliphatic rings. The second kappa shape index (κ2) is 6.62. The number of hydrogen-bond donors (Lipinski definition) is 1. The molecule has 0 unspecified atom stereocenters. The number of H-pyrrole nitrogens is 1. The number of aromatic nitrogens is 3. The summed E-state index contributed by atoms with van der Waals surface area (Å²) in [6.45, 7) is 3.91. The Bertz CT molecular complexity index is 1010. The van der Waals surface area contributed by atoms with E-state index in [1.54, 1.807) is 36.5 Å². The molecule has 0 bridgehead atoms. The number of pyridine rings is 1. The second-order valence-corrected chi connectivity index (χ2v) is 5.77. The molecule has 1 N–H and O–H groups in total. The number of hydrogen-bond acceptors (Lipinski definition) is 4. The van der Waals surface area contributed by atoms with E-state index in [0.29, 0.717) is 22.0 Å². The number of nitrogens with zero attached hydrogens (tertiary/aromatic N) is 3. The summed E-state index contributed by atoms with van der Waals surface area (Å²) in [4.78, 5) is 29.0. The normalized spacial score (nSPS) is 12.0. The van der Waals surface area contributed by atoms with Crippen molar-refractivity contribution in [2.24, 2.45) is 4.99 Å². The van der Waals surface area contributed by atoms with E-state index >= 15 is 0 Å². The summed E-state index contributed by atoms with van der Waals surface area (Å²) in [5, 5.41) is 7.73. The van der Waals surface area contributed by atoms with Crippen molar-refractivity contribution in [3.63, 3.8) is 0 Å². The first-order valence-corrected chi connectivity index (χ1v) is 7.77. The summed E-state index contributed by atoms with van der Waals surface area (Å²) in [5.41, 5.74) is 0.887. The zero-order valence-electron chi connectivity index (χ0n) is 13.6. The van der Waals surface area contributed by atoms with Gasteiger partial charge in [-0.2, -0.15) is 5.10 Å². The summed E-state index contributed by atoms with van der Waals surface area (Å²) in [6.07, 6.45) is 1.77. The van der Waals surface area contributed by atoms with E-state index in [1.165, 1.54) is 4.57 Å². The zero-order valence-corrected chi connectivity index (χ0v) is 13.6. The standard InChI is InChI=1S/C18H18N4O2/c1-12(2)19-16-9-5-6-10-22(16)17(23)11-15-13-7-3-4-8-14(13)18(24)21-20-15/h3-10,12H,11H2,1-2H3,(H,21,24). The van der Waals surface area contributed by atoms with Crippen molar-refractivity contribution in [1.29, 1.82) is 0 Å². The Morgan fingerprint density at radius 1 is 1.17 bits per heavy atom. The minimum Gasteiger partial charge on any atom is -0.274 e. The van der Waals surface area contributed by atoms with E-state index < -0.39 is 0 Å². The number of nitrogens with one attached hydrogen (secondary N) is 1. The van der Waals surface area contributed by atoms with Gasteiger partial charge in [-0.05, 0) is 32.0 Å². The van der Waals surface area contributed by atoms with Crippen LogP contribution >= 0.6 is 0 Å². The molecular formula is C18H18N4O2. The minimum absolute atomic E-state index is 0.0760. The zero-order chi connectivity index (χ0) is 17.1. The average Bonchev–Trinajstić information content (AvgIpc) is 2.57. The van der Waals surface area contributed by atoms with Gasteiger partial charge in [0, 0.05) is 17.6 Å². The molecule has 3 aromatic rings. The van der Waals surface area contributed by atoms with E-state index in [4.69, 9.17) is 0 Å². The Morgan fingerprint density at radius 3 is 2.62 bits per heavy atom. The summed E-state index contributed by atoms with van der Waals surface area (Å²) in [6, 6.07) is 12.7. The van der Waals surface area contributed by atoms with Crippen molar-refractivity contribution < 1.29 is 4.79 Å². The maximum Gasteiger partial charge on any atom is 0.272 e. The Morgan fingerprint density at radius 2 is 1.88 bits per heavy atom. The lowest BCUT2D eigenvalue weighted by molar-refractivity contribution is 0.0907. The lowest BCUT2D eigenvalue weighted by Gasteiger charge is -2.08. The molecule has 0 fully saturated rings. The first-order valence-electron chi connectivity index (χ1n) is 7.77. The van der Waals surface area contributed by atoms with E-state index in [1.807, 2.05) is 26.0 Å². The van der Waals surface area contributed by atoms with Gasteiger partial charge in [0.05, 0.1) is 17.5 Å². The minimum atomic E-state index is -0.260. The van der Waals surface area contributed by atoms with Crippen LogP contribution in [0.3, 0.4) is 0 Å². The average molecular weight is 322 g/mol. The smallest absolute Gasteiger partial charge is 0.272 e. The van der Waals surface area contributed by atoms with Crippen molar-refractivity contribution >= 4 is 16.7 Å². The highest BCUT2D eigenvalue weighted by Gasteiger charge is 2.12. The summed E-state index contributed by atoms with van der Waals surface area (Å²) < 4.78 is 1.52. The van der Waals surface area contributed by atoms with Gasteiger partial charge < -0.3 is 0 Å². The molecule has 1 aromatic carbocycles. The third-order valence-corrected chi connectivity index (χ3v) is 3.59.